The summed E-state index contributed by atoms with van der Waals surface area (Å²) < 4.78 is 19.5. The van der Waals surface area contributed by atoms with Crippen molar-refractivity contribution in [2.75, 3.05) is 26.8 Å². The van der Waals surface area contributed by atoms with Gasteiger partial charge in [0.15, 0.2) is 11.7 Å². The molecule has 0 radical (unpaired) electrons. The number of pyridine rings is 1. The number of rotatable bonds is 6. The molecule has 2 aromatic rings. The summed E-state index contributed by atoms with van der Waals surface area (Å²) in [7, 11) is 1.59. The number of methoxy groups -OCH3 is 1. The van der Waals surface area contributed by atoms with Gasteiger partial charge in [-0.25, -0.2) is 4.39 Å². The highest BCUT2D eigenvalue weighted by molar-refractivity contribution is 5.97. The first-order chi connectivity index (χ1) is 15.8. The number of aliphatic hydroxyl groups excluding tert-OH is 1. The lowest BCUT2D eigenvalue weighted by Crippen LogP contribution is -2.65. The van der Waals surface area contributed by atoms with E-state index in [0.717, 1.165) is 12.5 Å². The predicted molar refractivity (Wildman–Crippen MR) is 117 cm³/mol. The van der Waals surface area contributed by atoms with Crippen molar-refractivity contribution in [2.45, 2.75) is 38.3 Å². The Kier molecular flexibility index (Phi) is 6.59. The molecule has 3 atom stereocenters. The van der Waals surface area contributed by atoms with Gasteiger partial charge in [0.1, 0.15) is 23.2 Å². The first-order valence-electron chi connectivity index (χ1n) is 10.8. The number of nitrogens with one attached hydrogen (secondary N) is 1. The van der Waals surface area contributed by atoms with Crippen LogP contribution in [-0.4, -0.2) is 70.3 Å². The number of hydrogen-bond donors (Lipinski definition) is 2. The highest BCUT2D eigenvalue weighted by Crippen LogP contribution is 2.33. The van der Waals surface area contributed by atoms with Crippen molar-refractivity contribution >= 4 is 11.8 Å². The van der Waals surface area contributed by atoms with Crippen LogP contribution in [0.4, 0.5) is 4.39 Å². The SMILES string of the molecule is COCCN1CC[C@H](C)N2C(=O)c3cc(=O)c(C(=O)NCc4ccc(F)cc4)cn3[C@@H](O)C12. The van der Waals surface area contributed by atoms with Crippen LogP contribution in [-0.2, 0) is 11.3 Å². The van der Waals surface area contributed by atoms with Crippen molar-refractivity contribution < 1.29 is 23.8 Å². The normalized spacial score (nSPS) is 22.6. The number of halogens is 1. The molecule has 2 N–H and O–H groups in total. The molecule has 9 nitrogen and oxygen atoms in total. The van der Waals surface area contributed by atoms with Crippen LogP contribution in [0.25, 0.3) is 0 Å². The van der Waals surface area contributed by atoms with Gasteiger partial charge in [-0.1, -0.05) is 12.1 Å². The topological polar surface area (TPSA) is 104 Å². The minimum absolute atomic E-state index is 0.0410. The van der Waals surface area contributed by atoms with E-state index in [4.69, 9.17) is 4.74 Å². The second kappa shape index (κ2) is 9.42. The van der Waals surface area contributed by atoms with E-state index in [0.29, 0.717) is 25.3 Å². The summed E-state index contributed by atoms with van der Waals surface area (Å²) in [6.07, 6.45) is 0.168. The minimum Gasteiger partial charge on any atom is -0.383 e. The second-order valence-corrected chi connectivity index (χ2v) is 8.36. The lowest BCUT2D eigenvalue weighted by atomic mass is 10.0. The fourth-order valence-electron chi connectivity index (χ4n) is 4.43. The van der Waals surface area contributed by atoms with E-state index in [2.05, 4.69) is 5.32 Å². The van der Waals surface area contributed by atoms with Crippen LogP contribution in [0.15, 0.2) is 41.3 Å². The number of aliphatic hydroxyl groups is 1. The molecule has 176 valence electrons. The summed E-state index contributed by atoms with van der Waals surface area (Å²) >= 11 is 0. The van der Waals surface area contributed by atoms with E-state index >= 15 is 0 Å². The van der Waals surface area contributed by atoms with E-state index < -0.39 is 23.7 Å². The van der Waals surface area contributed by atoms with Crippen molar-refractivity contribution in [2.24, 2.45) is 0 Å². The molecule has 1 saturated heterocycles. The minimum atomic E-state index is -1.17. The number of ether oxygens (including phenoxy) is 1. The first-order valence-corrected chi connectivity index (χ1v) is 10.8. The highest BCUT2D eigenvalue weighted by atomic mass is 19.1. The Balaban J connectivity index is 1.62. The van der Waals surface area contributed by atoms with Crippen LogP contribution in [0, 0.1) is 5.82 Å². The monoisotopic (exact) mass is 458 g/mol. The maximum atomic E-state index is 13.3. The number of carbonyl (C=O) groups is 2. The van der Waals surface area contributed by atoms with Gasteiger partial charge < -0.3 is 24.6 Å². The van der Waals surface area contributed by atoms with Crippen molar-refractivity contribution in [1.29, 1.82) is 0 Å². The maximum absolute atomic E-state index is 13.3. The number of hydrogen-bond acceptors (Lipinski definition) is 6. The molecule has 2 aliphatic heterocycles. The fraction of sp³-hybridized carbons (Fsp3) is 0.435. The van der Waals surface area contributed by atoms with Gasteiger partial charge >= 0.3 is 0 Å². The van der Waals surface area contributed by atoms with Crippen molar-refractivity contribution in [1.82, 2.24) is 19.7 Å². The maximum Gasteiger partial charge on any atom is 0.272 e. The third-order valence-corrected chi connectivity index (χ3v) is 6.25. The van der Waals surface area contributed by atoms with Gasteiger partial charge in [-0.3, -0.25) is 19.3 Å². The first kappa shape index (κ1) is 23.1. The molecule has 1 unspecified atom stereocenters. The molecule has 33 heavy (non-hydrogen) atoms. The van der Waals surface area contributed by atoms with Gasteiger partial charge in [0.05, 0.1) is 6.61 Å². The zero-order valence-electron chi connectivity index (χ0n) is 18.5. The number of carbonyl (C=O) groups excluding carboxylic acids is 2. The van der Waals surface area contributed by atoms with Crippen molar-refractivity contribution in [3.63, 3.8) is 0 Å². The van der Waals surface area contributed by atoms with Gasteiger partial charge in [-0.2, -0.15) is 0 Å². The van der Waals surface area contributed by atoms with E-state index in [-0.39, 0.29) is 35.6 Å². The molecule has 2 aliphatic rings. The molecule has 4 rings (SSSR count). The highest BCUT2D eigenvalue weighted by Gasteiger charge is 2.46. The molecule has 10 heteroatoms. The van der Waals surface area contributed by atoms with Crippen molar-refractivity contribution in [3.05, 3.63) is 69.4 Å². The molecule has 0 saturated carbocycles. The Morgan fingerprint density at radius 1 is 1.27 bits per heavy atom. The number of fused-ring (bicyclic) bond motifs is 2. The molecule has 3 heterocycles. The third kappa shape index (κ3) is 4.41. The van der Waals surface area contributed by atoms with Gasteiger partial charge in [0, 0.05) is 45.0 Å². The summed E-state index contributed by atoms with van der Waals surface area (Å²) in [4.78, 5) is 42.2. The number of nitrogens with zero attached hydrogens (tertiary/aromatic N) is 3. The molecule has 0 spiro atoms. The summed E-state index contributed by atoms with van der Waals surface area (Å²) in [5.74, 6) is -1.40. The summed E-state index contributed by atoms with van der Waals surface area (Å²) in [6.45, 7) is 3.65. The molecule has 0 aliphatic carbocycles. The lowest BCUT2D eigenvalue weighted by molar-refractivity contribution is -0.117. The fourth-order valence-corrected chi connectivity index (χ4v) is 4.43. The second-order valence-electron chi connectivity index (χ2n) is 8.36. The number of benzene rings is 1. The average Bonchev–Trinajstić information content (AvgIpc) is 2.80. The Hall–Kier alpha value is -3.08. The Morgan fingerprint density at radius 3 is 2.70 bits per heavy atom. The zero-order valence-corrected chi connectivity index (χ0v) is 18.5. The average molecular weight is 458 g/mol. The molecule has 1 aromatic carbocycles. The predicted octanol–water partition coefficient (Wildman–Crippen LogP) is 0.931. The van der Waals surface area contributed by atoms with E-state index in [9.17, 15) is 23.9 Å². The van der Waals surface area contributed by atoms with Crippen LogP contribution in [0.2, 0.25) is 0 Å². The summed E-state index contributed by atoms with van der Waals surface area (Å²) in [6, 6.07) is 6.62. The van der Waals surface area contributed by atoms with Crippen LogP contribution in [0.5, 0.6) is 0 Å². The molecule has 0 bridgehead atoms. The van der Waals surface area contributed by atoms with E-state index in [1.54, 1.807) is 12.0 Å². The van der Waals surface area contributed by atoms with Crippen LogP contribution in [0.1, 0.15) is 46.0 Å². The van der Waals surface area contributed by atoms with E-state index in [1.807, 2.05) is 11.8 Å². The molecule has 2 amide bonds. The summed E-state index contributed by atoms with van der Waals surface area (Å²) in [5.41, 5.74) is -0.0934. The zero-order chi connectivity index (χ0) is 23.7. The van der Waals surface area contributed by atoms with Crippen LogP contribution >= 0.6 is 0 Å². The van der Waals surface area contributed by atoms with Gasteiger partial charge in [0.2, 0.25) is 0 Å². The van der Waals surface area contributed by atoms with Crippen LogP contribution < -0.4 is 10.7 Å². The largest absolute Gasteiger partial charge is 0.383 e. The van der Waals surface area contributed by atoms with Gasteiger partial charge in [-0.15, -0.1) is 0 Å². The number of aromatic nitrogens is 1. The molecule has 1 aromatic heterocycles. The Labute approximate surface area is 190 Å². The smallest absolute Gasteiger partial charge is 0.272 e. The van der Waals surface area contributed by atoms with Crippen LogP contribution in [0.3, 0.4) is 0 Å². The van der Waals surface area contributed by atoms with E-state index in [1.165, 1.54) is 35.0 Å². The molecular formula is C23H27FN4O5. The van der Waals surface area contributed by atoms with Crippen molar-refractivity contribution in [3.8, 4) is 0 Å². The van der Waals surface area contributed by atoms with Gasteiger partial charge in [-0.05, 0) is 31.0 Å². The standard InChI is InChI=1S/C23H27FN4O5/c1-14-7-8-26(9-10-33-2)21-23(32)27-13-17(19(29)11-18(27)22(31)28(14)21)20(30)25-12-15-3-5-16(24)6-4-15/h3-6,11,13-14,21,23,32H,7-10,12H2,1-2H3,(H,25,30)/t14-,21?,23-/m0/s1. The Morgan fingerprint density at radius 2 is 2.00 bits per heavy atom. The quantitative estimate of drug-likeness (QED) is 0.668. The molecule has 1 fully saturated rings. The lowest BCUT2D eigenvalue weighted by Gasteiger charge is -2.52. The molecular weight excluding hydrogens is 431 g/mol. The number of amides is 2. The van der Waals surface area contributed by atoms with Gasteiger partial charge in [0.25, 0.3) is 11.8 Å². The Bertz CT molecular complexity index is 1100. The third-order valence-electron chi connectivity index (χ3n) is 6.25. The summed E-state index contributed by atoms with van der Waals surface area (Å²) in [5, 5.41) is 13.8.